The van der Waals surface area contributed by atoms with Gasteiger partial charge >= 0.3 is 5.97 Å². The highest BCUT2D eigenvalue weighted by Gasteiger charge is 2.22. The summed E-state index contributed by atoms with van der Waals surface area (Å²) in [6, 6.07) is 11.1. The molecule has 0 saturated carbocycles. The van der Waals surface area contributed by atoms with Gasteiger partial charge in [0.25, 0.3) is 5.91 Å². The van der Waals surface area contributed by atoms with Crippen LogP contribution in [0.2, 0.25) is 0 Å². The number of amides is 1. The third kappa shape index (κ3) is 2.55. The lowest BCUT2D eigenvalue weighted by Crippen LogP contribution is -2.40. The van der Waals surface area contributed by atoms with Crippen molar-refractivity contribution in [2.24, 2.45) is 0 Å². The zero-order valence-electron chi connectivity index (χ0n) is 13.9. The van der Waals surface area contributed by atoms with E-state index in [0.717, 1.165) is 16.4 Å². The number of aromatic nitrogens is 1. The van der Waals surface area contributed by atoms with E-state index in [1.807, 2.05) is 40.9 Å². The molecule has 1 saturated heterocycles. The molecule has 0 atom stereocenters. The van der Waals surface area contributed by atoms with E-state index in [2.05, 4.69) is 0 Å². The number of carbonyl (C=O) groups excluding carboxylic acids is 2. The summed E-state index contributed by atoms with van der Waals surface area (Å²) in [5.74, 6) is -0.401. The third-order valence-electron chi connectivity index (χ3n) is 4.58. The molecule has 0 aliphatic carbocycles. The lowest BCUT2D eigenvalue weighted by atomic mass is 10.1. The fraction of sp³-hybridized carbons (Fsp3) is 0.263. The molecule has 3 aromatic rings. The van der Waals surface area contributed by atoms with Gasteiger partial charge in [-0.2, -0.15) is 0 Å². The Bertz CT molecular complexity index is 970. The van der Waals surface area contributed by atoms with Gasteiger partial charge in [0.2, 0.25) is 0 Å². The second kappa shape index (κ2) is 6.22. The van der Waals surface area contributed by atoms with Crippen molar-refractivity contribution in [3.63, 3.8) is 0 Å². The molecule has 6 heteroatoms. The Balaban J connectivity index is 1.87. The summed E-state index contributed by atoms with van der Waals surface area (Å²) in [5.41, 5.74) is 2.70. The van der Waals surface area contributed by atoms with E-state index in [4.69, 9.17) is 9.47 Å². The summed E-state index contributed by atoms with van der Waals surface area (Å²) in [6.45, 7) is 2.32. The van der Waals surface area contributed by atoms with Crippen molar-refractivity contribution < 1.29 is 19.1 Å². The predicted octanol–water partition coefficient (Wildman–Crippen LogP) is 2.35. The molecule has 128 valence electrons. The fourth-order valence-corrected chi connectivity index (χ4v) is 3.34. The molecule has 3 heterocycles. The molecular formula is C19H18N2O4. The molecule has 1 aliphatic rings. The number of hydrogen-bond acceptors (Lipinski definition) is 4. The highest BCUT2D eigenvalue weighted by molar-refractivity contribution is 6.12. The van der Waals surface area contributed by atoms with Gasteiger partial charge < -0.3 is 18.8 Å². The van der Waals surface area contributed by atoms with Crippen molar-refractivity contribution in [3.8, 4) is 0 Å². The zero-order chi connectivity index (χ0) is 17.4. The first-order chi connectivity index (χ1) is 12.2. The second-order valence-electron chi connectivity index (χ2n) is 5.96. The number of hydrogen-bond donors (Lipinski definition) is 0. The number of fused-ring (bicyclic) bond motifs is 3. The molecule has 1 aromatic carbocycles. The Labute approximate surface area is 144 Å². The molecule has 6 nitrogen and oxygen atoms in total. The Morgan fingerprint density at radius 1 is 1.08 bits per heavy atom. The lowest BCUT2D eigenvalue weighted by Gasteiger charge is -2.26. The Morgan fingerprint density at radius 3 is 2.64 bits per heavy atom. The van der Waals surface area contributed by atoms with Crippen LogP contribution in [0.25, 0.3) is 16.4 Å². The van der Waals surface area contributed by atoms with Gasteiger partial charge in [-0.3, -0.25) is 4.79 Å². The van der Waals surface area contributed by atoms with Gasteiger partial charge in [0.05, 0.1) is 36.9 Å². The van der Waals surface area contributed by atoms with Crippen LogP contribution in [-0.2, 0) is 9.47 Å². The number of rotatable bonds is 2. The zero-order valence-corrected chi connectivity index (χ0v) is 13.9. The van der Waals surface area contributed by atoms with Crippen molar-refractivity contribution >= 4 is 28.3 Å². The van der Waals surface area contributed by atoms with Gasteiger partial charge in [-0.05, 0) is 24.3 Å². The van der Waals surface area contributed by atoms with Gasteiger partial charge in [0, 0.05) is 30.2 Å². The number of nitrogens with zero attached hydrogens (tertiary/aromatic N) is 2. The SMILES string of the molecule is COC(=O)c1c2ccc(C(=O)N3CCOCC3)cc2n2ccccc12. The normalized spacial score (nSPS) is 14.8. The van der Waals surface area contributed by atoms with Gasteiger partial charge in [0.1, 0.15) is 0 Å². The molecule has 1 amide bonds. The van der Waals surface area contributed by atoms with Crippen LogP contribution < -0.4 is 0 Å². The summed E-state index contributed by atoms with van der Waals surface area (Å²) in [7, 11) is 1.37. The highest BCUT2D eigenvalue weighted by atomic mass is 16.5. The van der Waals surface area contributed by atoms with Crippen LogP contribution >= 0.6 is 0 Å². The maximum Gasteiger partial charge on any atom is 0.340 e. The number of methoxy groups -OCH3 is 1. The van der Waals surface area contributed by atoms with Crippen LogP contribution in [0.4, 0.5) is 0 Å². The minimum absolute atomic E-state index is 0.0179. The first kappa shape index (κ1) is 15.7. The summed E-state index contributed by atoms with van der Waals surface area (Å²) < 4.78 is 12.2. The maximum absolute atomic E-state index is 12.7. The Morgan fingerprint density at radius 2 is 1.88 bits per heavy atom. The summed E-state index contributed by atoms with van der Waals surface area (Å²) in [4.78, 5) is 26.8. The van der Waals surface area contributed by atoms with E-state index in [0.29, 0.717) is 37.4 Å². The Kier molecular flexibility index (Phi) is 3.89. The van der Waals surface area contributed by atoms with E-state index < -0.39 is 0 Å². The first-order valence-corrected chi connectivity index (χ1v) is 8.19. The van der Waals surface area contributed by atoms with Crippen LogP contribution in [0.5, 0.6) is 0 Å². The van der Waals surface area contributed by atoms with Crippen molar-refractivity contribution in [1.82, 2.24) is 9.30 Å². The van der Waals surface area contributed by atoms with Crippen LogP contribution in [0.1, 0.15) is 20.7 Å². The van der Waals surface area contributed by atoms with Crippen molar-refractivity contribution in [3.05, 3.63) is 53.7 Å². The fourth-order valence-electron chi connectivity index (χ4n) is 3.34. The van der Waals surface area contributed by atoms with Gasteiger partial charge in [0.15, 0.2) is 0 Å². The number of pyridine rings is 1. The number of esters is 1. The summed E-state index contributed by atoms with van der Waals surface area (Å²) >= 11 is 0. The molecule has 1 fully saturated rings. The minimum Gasteiger partial charge on any atom is -0.465 e. The van der Waals surface area contributed by atoms with E-state index in [1.165, 1.54) is 7.11 Å². The molecule has 25 heavy (non-hydrogen) atoms. The average Bonchev–Trinajstić information content (AvgIpc) is 3.01. The molecular weight excluding hydrogens is 320 g/mol. The Hall–Kier alpha value is -2.86. The molecule has 0 radical (unpaired) electrons. The molecule has 0 bridgehead atoms. The smallest absolute Gasteiger partial charge is 0.340 e. The average molecular weight is 338 g/mol. The highest BCUT2D eigenvalue weighted by Crippen LogP contribution is 2.28. The first-order valence-electron chi connectivity index (χ1n) is 8.19. The van der Waals surface area contributed by atoms with Gasteiger partial charge in [-0.25, -0.2) is 4.79 Å². The van der Waals surface area contributed by atoms with E-state index in [9.17, 15) is 9.59 Å². The van der Waals surface area contributed by atoms with E-state index in [1.54, 1.807) is 11.0 Å². The quantitative estimate of drug-likeness (QED) is 0.673. The van der Waals surface area contributed by atoms with Gasteiger partial charge in [-0.1, -0.05) is 12.1 Å². The molecule has 0 N–H and O–H groups in total. The largest absolute Gasteiger partial charge is 0.465 e. The summed E-state index contributed by atoms with van der Waals surface area (Å²) in [6.07, 6.45) is 1.88. The van der Waals surface area contributed by atoms with Crippen molar-refractivity contribution in [1.29, 1.82) is 0 Å². The van der Waals surface area contributed by atoms with Crippen LogP contribution in [0.15, 0.2) is 42.6 Å². The summed E-state index contributed by atoms with van der Waals surface area (Å²) in [5, 5.41) is 0.775. The van der Waals surface area contributed by atoms with Crippen LogP contribution in [0, 0.1) is 0 Å². The molecule has 0 unspecified atom stereocenters. The number of ether oxygens (including phenoxy) is 2. The van der Waals surface area contributed by atoms with E-state index in [-0.39, 0.29) is 11.9 Å². The molecule has 4 rings (SSSR count). The van der Waals surface area contributed by atoms with Gasteiger partial charge in [-0.15, -0.1) is 0 Å². The maximum atomic E-state index is 12.7. The predicted molar refractivity (Wildman–Crippen MR) is 93.0 cm³/mol. The number of morpholine rings is 1. The van der Waals surface area contributed by atoms with Crippen molar-refractivity contribution in [2.75, 3.05) is 33.4 Å². The van der Waals surface area contributed by atoms with Crippen LogP contribution in [-0.4, -0.2) is 54.6 Å². The molecule has 0 spiro atoms. The third-order valence-corrected chi connectivity index (χ3v) is 4.58. The monoisotopic (exact) mass is 338 g/mol. The number of carbonyl (C=O) groups is 2. The standard InChI is InChI=1S/C19H18N2O4/c1-24-19(23)17-14-6-5-13(18(22)20-8-10-25-11-9-20)12-16(14)21-7-3-2-4-15(17)21/h2-7,12H,8-11H2,1H3. The van der Waals surface area contributed by atoms with E-state index >= 15 is 0 Å². The van der Waals surface area contributed by atoms with Crippen molar-refractivity contribution in [2.45, 2.75) is 0 Å². The molecule has 1 aliphatic heterocycles. The second-order valence-corrected chi connectivity index (χ2v) is 5.96. The number of benzene rings is 1. The molecule has 2 aromatic heterocycles. The lowest BCUT2D eigenvalue weighted by molar-refractivity contribution is 0.0303. The minimum atomic E-state index is -0.383. The topological polar surface area (TPSA) is 60.2 Å². The van der Waals surface area contributed by atoms with Crippen LogP contribution in [0.3, 0.4) is 0 Å².